The highest BCUT2D eigenvalue weighted by Crippen LogP contribution is 2.40. The minimum absolute atomic E-state index is 0.109. The van der Waals surface area contributed by atoms with E-state index in [1.54, 1.807) is 0 Å². The number of benzene rings is 2. The molecule has 4 rings (SSSR count). The van der Waals surface area contributed by atoms with Crippen LogP contribution in [0.15, 0.2) is 90.1 Å². The van der Waals surface area contributed by atoms with Crippen molar-refractivity contribution < 1.29 is 0 Å². The summed E-state index contributed by atoms with van der Waals surface area (Å²) in [5.41, 5.74) is 3.57. The Labute approximate surface area is 142 Å². The third-order valence-electron chi connectivity index (χ3n) is 4.38. The van der Waals surface area contributed by atoms with Crippen LogP contribution in [0.2, 0.25) is 0 Å². The Morgan fingerprint density at radius 1 is 0.750 bits per heavy atom. The van der Waals surface area contributed by atoms with E-state index in [2.05, 4.69) is 70.5 Å². The molecule has 0 saturated heterocycles. The van der Waals surface area contributed by atoms with E-state index in [-0.39, 0.29) is 12.1 Å². The SMILES string of the molecule is C1=NC(c2ccccc2)C(c2ccccc2)N1Cc1ccccn1. The maximum atomic E-state index is 4.81. The van der Waals surface area contributed by atoms with Gasteiger partial charge in [0.05, 0.1) is 24.6 Å². The van der Waals surface area contributed by atoms with E-state index < -0.39 is 0 Å². The smallest absolute Gasteiger partial charge is 0.101 e. The van der Waals surface area contributed by atoms with Crippen LogP contribution in [0, 0.1) is 0 Å². The lowest BCUT2D eigenvalue weighted by Crippen LogP contribution is -2.26. The molecule has 1 aliphatic heterocycles. The average Bonchev–Trinajstić information content (AvgIpc) is 3.07. The van der Waals surface area contributed by atoms with Crippen LogP contribution in [0.4, 0.5) is 0 Å². The van der Waals surface area contributed by atoms with Crippen LogP contribution in [0.5, 0.6) is 0 Å². The zero-order valence-electron chi connectivity index (χ0n) is 13.4. The number of hydrogen-bond donors (Lipinski definition) is 0. The summed E-state index contributed by atoms with van der Waals surface area (Å²) in [5.74, 6) is 0. The summed E-state index contributed by atoms with van der Waals surface area (Å²) in [6.07, 6.45) is 3.82. The molecule has 1 aromatic heterocycles. The first-order valence-corrected chi connectivity index (χ1v) is 8.21. The minimum Gasteiger partial charge on any atom is -0.347 e. The molecule has 0 fully saturated rings. The van der Waals surface area contributed by atoms with E-state index in [1.165, 1.54) is 11.1 Å². The van der Waals surface area contributed by atoms with Gasteiger partial charge in [0, 0.05) is 6.20 Å². The van der Waals surface area contributed by atoms with E-state index >= 15 is 0 Å². The number of nitrogens with zero attached hydrogens (tertiary/aromatic N) is 3. The summed E-state index contributed by atoms with van der Waals surface area (Å²) < 4.78 is 0. The summed E-state index contributed by atoms with van der Waals surface area (Å²) in [6, 6.07) is 27.5. The summed E-state index contributed by atoms with van der Waals surface area (Å²) in [4.78, 5) is 11.6. The molecule has 2 atom stereocenters. The Bertz CT molecular complexity index is 800. The third-order valence-corrected chi connectivity index (χ3v) is 4.38. The van der Waals surface area contributed by atoms with Crippen molar-refractivity contribution in [1.29, 1.82) is 0 Å². The Morgan fingerprint density at radius 2 is 1.42 bits per heavy atom. The summed E-state index contributed by atoms with van der Waals surface area (Å²) in [5, 5.41) is 0. The highest BCUT2D eigenvalue weighted by molar-refractivity contribution is 5.61. The molecular weight excluding hydrogens is 294 g/mol. The fourth-order valence-electron chi connectivity index (χ4n) is 3.25. The number of aliphatic imine (C=N–C) groups is 1. The highest BCUT2D eigenvalue weighted by atomic mass is 15.3. The van der Waals surface area contributed by atoms with Crippen molar-refractivity contribution in [2.45, 2.75) is 18.6 Å². The second-order valence-corrected chi connectivity index (χ2v) is 5.97. The van der Waals surface area contributed by atoms with Crippen molar-refractivity contribution >= 4 is 6.34 Å². The Kier molecular flexibility index (Phi) is 4.07. The van der Waals surface area contributed by atoms with Gasteiger partial charge in [-0.3, -0.25) is 9.98 Å². The summed E-state index contributed by atoms with van der Waals surface area (Å²) >= 11 is 0. The van der Waals surface area contributed by atoms with Crippen molar-refractivity contribution in [2.24, 2.45) is 4.99 Å². The van der Waals surface area contributed by atoms with Gasteiger partial charge < -0.3 is 4.90 Å². The standard InChI is InChI=1S/C21H19N3/c1-3-9-17(10-4-1)20-21(18-11-5-2-6-12-18)24(16-23-20)15-19-13-7-8-14-22-19/h1-14,16,20-21H,15H2. The molecule has 2 heterocycles. The molecular formula is C21H19N3. The van der Waals surface area contributed by atoms with Crippen LogP contribution in [0.1, 0.15) is 28.9 Å². The molecule has 2 aromatic carbocycles. The molecule has 0 N–H and O–H groups in total. The minimum atomic E-state index is 0.109. The zero-order valence-corrected chi connectivity index (χ0v) is 13.4. The Morgan fingerprint density at radius 3 is 2.08 bits per heavy atom. The molecule has 0 radical (unpaired) electrons. The van der Waals surface area contributed by atoms with Crippen LogP contribution < -0.4 is 0 Å². The van der Waals surface area contributed by atoms with Gasteiger partial charge in [-0.1, -0.05) is 66.7 Å². The molecule has 0 bridgehead atoms. The Hall–Kier alpha value is -2.94. The quantitative estimate of drug-likeness (QED) is 0.714. The second kappa shape index (κ2) is 6.67. The predicted octanol–water partition coefficient (Wildman–Crippen LogP) is 4.41. The van der Waals surface area contributed by atoms with E-state index in [9.17, 15) is 0 Å². The molecule has 1 aliphatic rings. The second-order valence-electron chi connectivity index (χ2n) is 5.97. The van der Waals surface area contributed by atoms with E-state index in [0.29, 0.717) is 0 Å². The van der Waals surface area contributed by atoms with Crippen LogP contribution >= 0.6 is 0 Å². The number of pyridine rings is 1. The largest absolute Gasteiger partial charge is 0.347 e. The molecule has 0 spiro atoms. The molecule has 3 aromatic rings. The van der Waals surface area contributed by atoms with Gasteiger partial charge in [-0.25, -0.2) is 0 Å². The summed E-state index contributed by atoms with van der Waals surface area (Å²) in [7, 11) is 0. The molecule has 0 amide bonds. The third kappa shape index (κ3) is 2.93. The van der Waals surface area contributed by atoms with Crippen molar-refractivity contribution in [3.8, 4) is 0 Å². The number of aromatic nitrogens is 1. The fourth-order valence-corrected chi connectivity index (χ4v) is 3.25. The van der Waals surface area contributed by atoms with E-state index in [0.717, 1.165) is 12.2 Å². The monoisotopic (exact) mass is 313 g/mol. The summed E-state index contributed by atoms with van der Waals surface area (Å²) in [6.45, 7) is 0.757. The average molecular weight is 313 g/mol. The fraction of sp³-hybridized carbons (Fsp3) is 0.143. The lowest BCUT2D eigenvalue weighted by molar-refractivity contribution is 0.307. The highest BCUT2D eigenvalue weighted by Gasteiger charge is 2.33. The van der Waals surface area contributed by atoms with Gasteiger partial charge in [-0.15, -0.1) is 0 Å². The number of hydrogen-bond acceptors (Lipinski definition) is 3. The van der Waals surface area contributed by atoms with E-state index in [1.807, 2.05) is 30.7 Å². The molecule has 118 valence electrons. The van der Waals surface area contributed by atoms with Gasteiger partial charge >= 0.3 is 0 Å². The zero-order chi connectivity index (χ0) is 16.2. The van der Waals surface area contributed by atoms with Gasteiger partial charge in [-0.2, -0.15) is 0 Å². The molecule has 0 aliphatic carbocycles. The molecule has 24 heavy (non-hydrogen) atoms. The first-order valence-electron chi connectivity index (χ1n) is 8.21. The first-order chi connectivity index (χ1) is 11.9. The first kappa shape index (κ1) is 14.6. The molecule has 3 heteroatoms. The van der Waals surface area contributed by atoms with Gasteiger partial charge in [0.2, 0.25) is 0 Å². The number of rotatable bonds is 4. The normalized spacial score (nSPS) is 19.6. The molecule has 2 unspecified atom stereocenters. The van der Waals surface area contributed by atoms with Gasteiger partial charge in [0.1, 0.15) is 6.04 Å². The van der Waals surface area contributed by atoms with Gasteiger partial charge in [0.15, 0.2) is 0 Å². The van der Waals surface area contributed by atoms with Crippen LogP contribution in [-0.2, 0) is 6.54 Å². The van der Waals surface area contributed by atoms with Crippen LogP contribution in [-0.4, -0.2) is 16.2 Å². The topological polar surface area (TPSA) is 28.5 Å². The van der Waals surface area contributed by atoms with Crippen LogP contribution in [0.25, 0.3) is 0 Å². The van der Waals surface area contributed by atoms with Crippen molar-refractivity contribution in [3.05, 3.63) is 102 Å². The lowest BCUT2D eigenvalue weighted by atomic mass is 9.94. The Balaban J connectivity index is 1.68. The van der Waals surface area contributed by atoms with Gasteiger partial charge in [0.25, 0.3) is 0 Å². The van der Waals surface area contributed by atoms with Crippen LogP contribution in [0.3, 0.4) is 0 Å². The maximum Gasteiger partial charge on any atom is 0.101 e. The molecule has 3 nitrogen and oxygen atoms in total. The molecule has 0 saturated carbocycles. The van der Waals surface area contributed by atoms with Crippen molar-refractivity contribution in [1.82, 2.24) is 9.88 Å². The van der Waals surface area contributed by atoms with Crippen molar-refractivity contribution in [2.75, 3.05) is 0 Å². The predicted molar refractivity (Wildman–Crippen MR) is 96.6 cm³/mol. The lowest BCUT2D eigenvalue weighted by Gasteiger charge is -2.28. The maximum absolute atomic E-state index is 4.81. The van der Waals surface area contributed by atoms with E-state index in [4.69, 9.17) is 4.99 Å². The van der Waals surface area contributed by atoms with Gasteiger partial charge in [-0.05, 0) is 23.3 Å². The van der Waals surface area contributed by atoms with Crippen molar-refractivity contribution in [3.63, 3.8) is 0 Å².